The van der Waals surface area contributed by atoms with Crippen molar-refractivity contribution in [3.63, 3.8) is 0 Å². The predicted octanol–water partition coefficient (Wildman–Crippen LogP) is 1.63. The lowest BCUT2D eigenvalue weighted by Crippen LogP contribution is -2.40. The Balaban J connectivity index is 1.49. The van der Waals surface area contributed by atoms with Gasteiger partial charge in [-0.15, -0.1) is 0 Å². The topological polar surface area (TPSA) is 50.3 Å². The second-order valence-corrected chi connectivity index (χ2v) is 6.78. The Morgan fingerprint density at radius 2 is 1.76 bits per heavy atom. The van der Waals surface area contributed by atoms with Crippen molar-refractivity contribution < 1.29 is 9.59 Å². The van der Waals surface area contributed by atoms with Gasteiger partial charge in [0.2, 0.25) is 11.8 Å². The SMILES string of the molecule is O=C1[C@@H]2[C@@H]3C=C[C@H]([C@H]4C[C@H]34)[C@@H]2C(=O)N1Cc1cccnc1. The first kappa shape index (κ1) is 11.7. The van der Waals surface area contributed by atoms with Gasteiger partial charge in [-0.2, -0.15) is 0 Å². The Kier molecular flexibility index (Phi) is 2.12. The van der Waals surface area contributed by atoms with Gasteiger partial charge < -0.3 is 0 Å². The van der Waals surface area contributed by atoms with Crippen molar-refractivity contribution in [2.75, 3.05) is 0 Å². The van der Waals surface area contributed by atoms with E-state index in [0.717, 1.165) is 5.56 Å². The van der Waals surface area contributed by atoms with Crippen LogP contribution in [0.25, 0.3) is 0 Å². The second kappa shape index (κ2) is 3.81. The number of aromatic nitrogens is 1. The van der Waals surface area contributed by atoms with E-state index in [9.17, 15) is 9.59 Å². The van der Waals surface area contributed by atoms with Gasteiger partial charge in [-0.1, -0.05) is 18.2 Å². The Morgan fingerprint density at radius 3 is 2.33 bits per heavy atom. The summed E-state index contributed by atoms with van der Waals surface area (Å²) in [6.45, 7) is 0.368. The Bertz CT molecular complexity index is 633. The van der Waals surface area contributed by atoms with Crippen LogP contribution in [-0.4, -0.2) is 21.7 Å². The van der Waals surface area contributed by atoms with E-state index >= 15 is 0 Å². The van der Waals surface area contributed by atoms with Crippen LogP contribution < -0.4 is 0 Å². The minimum atomic E-state index is -0.0899. The van der Waals surface area contributed by atoms with Crippen molar-refractivity contribution in [1.82, 2.24) is 9.88 Å². The molecule has 4 aliphatic carbocycles. The van der Waals surface area contributed by atoms with E-state index in [4.69, 9.17) is 0 Å². The molecule has 106 valence electrons. The highest BCUT2D eigenvalue weighted by molar-refractivity contribution is 6.06. The quantitative estimate of drug-likeness (QED) is 0.611. The second-order valence-electron chi connectivity index (χ2n) is 6.78. The molecule has 4 nitrogen and oxygen atoms in total. The van der Waals surface area contributed by atoms with Gasteiger partial charge in [-0.05, 0) is 41.7 Å². The zero-order chi connectivity index (χ0) is 14.1. The van der Waals surface area contributed by atoms with E-state index in [2.05, 4.69) is 17.1 Å². The van der Waals surface area contributed by atoms with Gasteiger partial charge in [-0.25, -0.2) is 0 Å². The molecule has 1 saturated heterocycles. The van der Waals surface area contributed by atoms with Gasteiger partial charge in [0.05, 0.1) is 18.4 Å². The maximum absolute atomic E-state index is 12.8. The van der Waals surface area contributed by atoms with Crippen molar-refractivity contribution in [1.29, 1.82) is 0 Å². The van der Waals surface area contributed by atoms with Gasteiger partial charge in [0.25, 0.3) is 0 Å². The third-order valence-corrected chi connectivity index (χ3v) is 5.82. The molecular formula is C17H16N2O2. The third kappa shape index (κ3) is 1.42. The highest BCUT2D eigenvalue weighted by Gasteiger charge is 2.66. The molecule has 2 saturated carbocycles. The number of amides is 2. The van der Waals surface area contributed by atoms with Crippen LogP contribution in [0, 0.1) is 35.5 Å². The molecule has 0 radical (unpaired) electrons. The summed E-state index contributed by atoms with van der Waals surface area (Å²) in [5, 5.41) is 0. The molecule has 2 amide bonds. The number of hydrogen-bond donors (Lipinski definition) is 0. The first-order chi connectivity index (χ1) is 10.3. The van der Waals surface area contributed by atoms with Crippen LogP contribution in [0.2, 0.25) is 0 Å². The minimum absolute atomic E-state index is 0.0403. The number of rotatable bonds is 2. The summed E-state index contributed by atoms with van der Waals surface area (Å²) in [5.74, 6) is 1.84. The molecule has 3 fully saturated rings. The van der Waals surface area contributed by atoms with E-state index in [1.807, 2.05) is 12.1 Å². The smallest absolute Gasteiger partial charge is 0.234 e. The van der Waals surface area contributed by atoms with Gasteiger partial charge in [-0.3, -0.25) is 19.5 Å². The molecule has 0 N–H and O–H groups in total. The molecule has 21 heavy (non-hydrogen) atoms. The molecule has 2 bridgehead atoms. The number of nitrogens with zero attached hydrogens (tertiary/aromatic N) is 2. The molecule has 1 aromatic rings. The Hall–Kier alpha value is -1.97. The lowest BCUT2D eigenvalue weighted by atomic mass is 9.63. The van der Waals surface area contributed by atoms with E-state index in [0.29, 0.717) is 30.2 Å². The maximum atomic E-state index is 12.8. The number of carbonyl (C=O) groups excluding carboxylic acids is 2. The van der Waals surface area contributed by atoms with Crippen molar-refractivity contribution in [3.05, 3.63) is 42.2 Å². The largest absolute Gasteiger partial charge is 0.278 e. The van der Waals surface area contributed by atoms with Crippen LogP contribution in [0.3, 0.4) is 0 Å². The van der Waals surface area contributed by atoms with Crippen LogP contribution in [0.1, 0.15) is 12.0 Å². The zero-order valence-corrected chi connectivity index (χ0v) is 11.6. The fourth-order valence-electron chi connectivity index (χ4n) is 4.85. The van der Waals surface area contributed by atoms with Crippen molar-refractivity contribution in [2.24, 2.45) is 35.5 Å². The highest BCUT2D eigenvalue weighted by atomic mass is 16.2. The van der Waals surface area contributed by atoms with Crippen LogP contribution in [0.4, 0.5) is 0 Å². The van der Waals surface area contributed by atoms with Crippen molar-refractivity contribution in [2.45, 2.75) is 13.0 Å². The van der Waals surface area contributed by atoms with Gasteiger partial charge in [0.15, 0.2) is 0 Å². The number of likely N-dealkylation sites (tertiary alicyclic amines) is 1. The molecular weight excluding hydrogens is 264 g/mol. The maximum Gasteiger partial charge on any atom is 0.234 e. The molecule has 0 spiro atoms. The Morgan fingerprint density at radius 1 is 1.10 bits per heavy atom. The normalized spacial score (nSPS) is 42.2. The fraction of sp³-hybridized carbons (Fsp3) is 0.471. The van der Waals surface area contributed by atoms with Gasteiger partial charge in [0, 0.05) is 12.4 Å². The van der Waals surface area contributed by atoms with Crippen LogP contribution in [0.15, 0.2) is 36.7 Å². The van der Waals surface area contributed by atoms with E-state index in [1.54, 1.807) is 12.4 Å². The van der Waals surface area contributed by atoms with Gasteiger partial charge in [0.1, 0.15) is 0 Å². The minimum Gasteiger partial charge on any atom is -0.278 e. The number of hydrogen-bond acceptors (Lipinski definition) is 3. The molecule has 6 rings (SSSR count). The van der Waals surface area contributed by atoms with Crippen molar-refractivity contribution >= 4 is 11.8 Å². The van der Waals surface area contributed by atoms with Crippen LogP contribution in [0.5, 0.6) is 0 Å². The monoisotopic (exact) mass is 280 g/mol. The predicted molar refractivity (Wildman–Crippen MR) is 74.5 cm³/mol. The highest BCUT2D eigenvalue weighted by Crippen LogP contribution is 2.65. The summed E-state index contributed by atoms with van der Waals surface area (Å²) in [6.07, 6.45) is 9.05. The number of pyridine rings is 1. The molecule has 6 atom stereocenters. The van der Waals surface area contributed by atoms with Crippen LogP contribution >= 0.6 is 0 Å². The molecule has 1 aliphatic heterocycles. The molecule has 2 heterocycles. The van der Waals surface area contributed by atoms with Crippen molar-refractivity contribution in [3.8, 4) is 0 Å². The van der Waals surface area contributed by atoms with Crippen LogP contribution in [-0.2, 0) is 16.1 Å². The summed E-state index contributed by atoms with van der Waals surface area (Å²) in [7, 11) is 0. The van der Waals surface area contributed by atoms with E-state index in [-0.39, 0.29) is 23.7 Å². The summed E-state index contributed by atoms with van der Waals surface area (Å²) in [4.78, 5) is 31.1. The summed E-state index contributed by atoms with van der Waals surface area (Å²) < 4.78 is 0. The Labute approximate surface area is 122 Å². The summed E-state index contributed by atoms with van der Waals surface area (Å²) >= 11 is 0. The average molecular weight is 280 g/mol. The lowest BCUT2D eigenvalue weighted by molar-refractivity contribution is -0.140. The van der Waals surface area contributed by atoms with E-state index in [1.165, 1.54) is 11.3 Å². The molecule has 1 aromatic heterocycles. The molecule has 5 aliphatic rings. The van der Waals surface area contributed by atoms with E-state index < -0.39 is 0 Å². The third-order valence-electron chi connectivity index (χ3n) is 5.82. The standard InChI is InChI=1S/C17H16N2O2/c20-16-14-10-3-4-11(13-6-12(10)13)15(14)17(21)19(16)8-9-2-1-5-18-7-9/h1-5,7,10-15H,6,8H2/t10-,11-,12-,13-,14-,15+/m1/s1. The number of imide groups is 1. The zero-order valence-electron chi connectivity index (χ0n) is 11.6. The lowest BCUT2D eigenvalue weighted by Gasteiger charge is -2.37. The molecule has 0 unspecified atom stereocenters. The number of carbonyl (C=O) groups is 2. The fourth-order valence-corrected chi connectivity index (χ4v) is 4.85. The summed E-state index contributed by atoms with van der Waals surface area (Å²) in [5.41, 5.74) is 0.920. The first-order valence-corrected chi connectivity index (χ1v) is 7.68. The summed E-state index contributed by atoms with van der Waals surface area (Å²) in [6, 6.07) is 3.76. The number of allylic oxidation sites excluding steroid dienone is 2. The molecule has 0 aromatic carbocycles. The van der Waals surface area contributed by atoms with Gasteiger partial charge >= 0.3 is 0 Å². The average Bonchev–Trinajstić information content (AvgIpc) is 3.30. The molecule has 4 heteroatoms. The first-order valence-electron chi connectivity index (χ1n) is 7.68.